The summed E-state index contributed by atoms with van der Waals surface area (Å²) in [5, 5.41) is 5.40. The maximum Gasteiger partial charge on any atom is 0.291 e. The zero-order chi connectivity index (χ0) is 18.7. The maximum absolute atomic E-state index is 13.8. The number of rotatable bonds is 5. The van der Waals surface area contributed by atoms with Crippen molar-refractivity contribution in [3.05, 3.63) is 47.3 Å². The molecule has 0 saturated carbocycles. The molecular formula is C19H23FN4O2. The van der Waals surface area contributed by atoms with Crippen LogP contribution in [0.1, 0.15) is 53.5 Å². The second-order valence-electron chi connectivity index (χ2n) is 6.88. The summed E-state index contributed by atoms with van der Waals surface area (Å²) in [6.07, 6.45) is 2.56. The minimum Gasteiger partial charge on any atom is -0.350 e. The number of anilines is 1. The molecule has 3 rings (SSSR count). The Hall–Kier alpha value is -2.70. The van der Waals surface area contributed by atoms with Crippen LogP contribution in [0.25, 0.3) is 0 Å². The third-order valence-electron chi connectivity index (χ3n) is 4.33. The lowest BCUT2D eigenvalue weighted by Crippen LogP contribution is -2.29. The summed E-state index contributed by atoms with van der Waals surface area (Å²) in [5.74, 6) is -0.824. The monoisotopic (exact) mass is 358 g/mol. The van der Waals surface area contributed by atoms with Crippen LogP contribution in [0.3, 0.4) is 0 Å². The zero-order valence-corrected chi connectivity index (χ0v) is 15.0. The lowest BCUT2D eigenvalue weighted by atomic mass is 10.1. The van der Waals surface area contributed by atoms with Gasteiger partial charge in [0, 0.05) is 13.1 Å². The Kier molecular flexibility index (Phi) is 5.35. The topological polar surface area (TPSA) is 76.0 Å². The Bertz CT molecular complexity index is 829. The Morgan fingerprint density at radius 2 is 2.00 bits per heavy atom. The molecule has 7 heteroatoms. The van der Waals surface area contributed by atoms with Gasteiger partial charge in [0.05, 0.1) is 11.4 Å². The summed E-state index contributed by atoms with van der Waals surface area (Å²) in [4.78, 5) is 29.5. The highest BCUT2D eigenvalue weighted by Crippen LogP contribution is 2.22. The molecule has 2 aromatic rings. The van der Waals surface area contributed by atoms with Crippen LogP contribution in [-0.2, 0) is 13.0 Å². The van der Waals surface area contributed by atoms with E-state index in [-0.39, 0.29) is 17.4 Å². The molecule has 1 aliphatic heterocycles. The second-order valence-corrected chi connectivity index (χ2v) is 6.88. The van der Waals surface area contributed by atoms with Crippen molar-refractivity contribution in [3.8, 4) is 0 Å². The van der Waals surface area contributed by atoms with Crippen molar-refractivity contribution in [2.75, 3.05) is 11.9 Å². The van der Waals surface area contributed by atoms with Gasteiger partial charge in [-0.2, -0.15) is 0 Å². The van der Waals surface area contributed by atoms with Crippen molar-refractivity contribution < 1.29 is 14.0 Å². The van der Waals surface area contributed by atoms with Gasteiger partial charge < -0.3 is 15.2 Å². The highest BCUT2D eigenvalue weighted by Gasteiger charge is 2.27. The zero-order valence-electron chi connectivity index (χ0n) is 15.0. The summed E-state index contributed by atoms with van der Waals surface area (Å²) < 4.78 is 15.6. The Morgan fingerprint density at radius 1 is 1.23 bits per heavy atom. The number of carbonyl (C=O) groups excluding carboxylic acids is 2. The Morgan fingerprint density at radius 3 is 2.73 bits per heavy atom. The summed E-state index contributed by atoms with van der Waals surface area (Å²) in [5.41, 5.74) is 1.16. The van der Waals surface area contributed by atoms with E-state index >= 15 is 0 Å². The molecule has 26 heavy (non-hydrogen) atoms. The molecule has 1 aliphatic rings. The van der Waals surface area contributed by atoms with Crippen LogP contribution in [0, 0.1) is 11.7 Å². The highest BCUT2D eigenvalue weighted by atomic mass is 19.1. The van der Waals surface area contributed by atoms with Gasteiger partial charge in [-0.25, -0.2) is 9.37 Å². The summed E-state index contributed by atoms with van der Waals surface area (Å²) in [6.45, 7) is 5.19. The van der Waals surface area contributed by atoms with E-state index in [4.69, 9.17) is 0 Å². The first kappa shape index (κ1) is 18.1. The van der Waals surface area contributed by atoms with Crippen LogP contribution in [0.2, 0.25) is 0 Å². The van der Waals surface area contributed by atoms with Crippen molar-refractivity contribution in [3.63, 3.8) is 0 Å². The van der Waals surface area contributed by atoms with E-state index in [0.717, 1.165) is 18.5 Å². The number of nitrogens with one attached hydrogen (secondary N) is 2. The standard InChI is InChI=1S/C19H23FN4O2/c1-12(2)11-21-18(25)16-15-9-5-6-10-24(15)17(23-16)19(26)22-14-8-4-3-7-13(14)20/h3-4,7-8,12H,5-6,9-11H2,1-2H3,(H,21,25)(H,22,26). The molecular weight excluding hydrogens is 335 g/mol. The predicted molar refractivity (Wildman–Crippen MR) is 96.7 cm³/mol. The number of hydrogen-bond acceptors (Lipinski definition) is 3. The molecule has 0 bridgehead atoms. The van der Waals surface area contributed by atoms with Gasteiger partial charge in [0.1, 0.15) is 11.5 Å². The largest absolute Gasteiger partial charge is 0.350 e. The third-order valence-corrected chi connectivity index (χ3v) is 4.33. The number of fused-ring (bicyclic) bond motifs is 1. The molecule has 0 unspecified atom stereocenters. The molecule has 2 heterocycles. The number of halogens is 1. The van der Waals surface area contributed by atoms with E-state index in [1.807, 2.05) is 13.8 Å². The fourth-order valence-electron chi connectivity index (χ4n) is 3.02. The van der Waals surface area contributed by atoms with Crippen LogP contribution in [0.5, 0.6) is 0 Å². The number of carbonyl (C=O) groups is 2. The SMILES string of the molecule is CC(C)CNC(=O)c1nc(C(=O)Nc2ccccc2F)n2c1CCCC2. The number of imidazole rings is 1. The maximum atomic E-state index is 13.8. The normalized spacial score (nSPS) is 13.4. The van der Waals surface area contributed by atoms with E-state index in [1.165, 1.54) is 12.1 Å². The molecule has 0 fully saturated rings. The molecule has 0 radical (unpaired) electrons. The van der Waals surface area contributed by atoms with Gasteiger partial charge in [-0.15, -0.1) is 0 Å². The van der Waals surface area contributed by atoms with Crippen molar-refractivity contribution in [1.82, 2.24) is 14.9 Å². The smallest absolute Gasteiger partial charge is 0.291 e. The number of nitrogens with zero attached hydrogens (tertiary/aromatic N) is 2. The first-order chi connectivity index (χ1) is 12.5. The molecule has 1 aromatic heterocycles. The first-order valence-electron chi connectivity index (χ1n) is 8.91. The van der Waals surface area contributed by atoms with Crippen molar-refractivity contribution >= 4 is 17.5 Å². The molecule has 0 saturated heterocycles. The fourth-order valence-corrected chi connectivity index (χ4v) is 3.02. The molecule has 0 aliphatic carbocycles. The van der Waals surface area contributed by atoms with Gasteiger partial charge >= 0.3 is 0 Å². The molecule has 138 valence electrons. The minimum absolute atomic E-state index is 0.0940. The quantitative estimate of drug-likeness (QED) is 0.863. The van der Waals surface area contributed by atoms with Gasteiger partial charge in [0.2, 0.25) is 0 Å². The van der Waals surface area contributed by atoms with E-state index < -0.39 is 11.7 Å². The number of para-hydroxylation sites is 1. The van der Waals surface area contributed by atoms with Gasteiger partial charge in [-0.05, 0) is 37.3 Å². The lowest BCUT2D eigenvalue weighted by Gasteiger charge is -2.17. The second kappa shape index (κ2) is 7.68. The van der Waals surface area contributed by atoms with E-state index in [9.17, 15) is 14.0 Å². The minimum atomic E-state index is -0.513. The van der Waals surface area contributed by atoms with Crippen molar-refractivity contribution in [2.24, 2.45) is 5.92 Å². The average Bonchev–Trinajstić information content (AvgIpc) is 3.01. The first-order valence-corrected chi connectivity index (χ1v) is 8.91. The van der Waals surface area contributed by atoms with Crippen molar-refractivity contribution in [2.45, 2.75) is 39.7 Å². The third kappa shape index (κ3) is 3.76. The fraction of sp³-hybridized carbons (Fsp3) is 0.421. The molecule has 2 amide bonds. The van der Waals surface area contributed by atoms with Gasteiger partial charge in [0.25, 0.3) is 11.8 Å². The number of aromatic nitrogens is 2. The molecule has 2 N–H and O–H groups in total. The van der Waals surface area contributed by atoms with Crippen LogP contribution in [-0.4, -0.2) is 27.9 Å². The van der Waals surface area contributed by atoms with Crippen LogP contribution >= 0.6 is 0 Å². The lowest BCUT2D eigenvalue weighted by molar-refractivity contribution is 0.0943. The molecule has 0 spiro atoms. The highest BCUT2D eigenvalue weighted by molar-refractivity contribution is 6.03. The van der Waals surface area contributed by atoms with Crippen molar-refractivity contribution in [1.29, 1.82) is 0 Å². The van der Waals surface area contributed by atoms with E-state index in [1.54, 1.807) is 16.7 Å². The predicted octanol–water partition coefficient (Wildman–Crippen LogP) is 3.00. The van der Waals surface area contributed by atoms with Gasteiger partial charge in [-0.1, -0.05) is 26.0 Å². The van der Waals surface area contributed by atoms with Crippen LogP contribution < -0.4 is 10.6 Å². The Balaban J connectivity index is 1.88. The molecule has 0 atom stereocenters. The summed E-state index contributed by atoms with van der Waals surface area (Å²) in [6, 6.07) is 5.97. The summed E-state index contributed by atoms with van der Waals surface area (Å²) >= 11 is 0. The van der Waals surface area contributed by atoms with Crippen LogP contribution in [0.15, 0.2) is 24.3 Å². The summed E-state index contributed by atoms with van der Waals surface area (Å²) in [7, 11) is 0. The average molecular weight is 358 g/mol. The van der Waals surface area contributed by atoms with Gasteiger partial charge in [0.15, 0.2) is 5.82 Å². The molecule has 1 aromatic carbocycles. The van der Waals surface area contributed by atoms with Crippen LogP contribution in [0.4, 0.5) is 10.1 Å². The van der Waals surface area contributed by atoms with E-state index in [0.29, 0.717) is 31.1 Å². The molecule has 6 nitrogen and oxygen atoms in total. The Labute approximate surface area is 151 Å². The number of amides is 2. The van der Waals surface area contributed by atoms with E-state index in [2.05, 4.69) is 15.6 Å². The number of hydrogen-bond donors (Lipinski definition) is 2. The van der Waals surface area contributed by atoms with Gasteiger partial charge in [-0.3, -0.25) is 9.59 Å². The number of benzene rings is 1.